The molecule has 3 heterocycles. The number of rotatable bonds is 5. The van der Waals surface area contributed by atoms with Crippen LogP contribution in [0.4, 0.5) is 8.78 Å². The highest BCUT2D eigenvalue weighted by molar-refractivity contribution is 7.92. The summed E-state index contributed by atoms with van der Waals surface area (Å²) in [5.41, 5.74) is -0.925. The molecule has 8 nitrogen and oxygen atoms in total. The number of ether oxygens (including phenoxy) is 3. The first-order chi connectivity index (χ1) is 14.3. The van der Waals surface area contributed by atoms with Crippen LogP contribution in [-0.2, 0) is 19.3 Å². The van der Waals surface area contributed by atoms with Gasteiger partial charge in [0.25, 0.3) is 5.91 Å². The summed E-state index contributed by atoms with van der Waals surface area (Å²) < 4.78 is 66.5. The minimum Gasteiger partial charge on any atom is -0.434 e. The first-order valence-corrected chi connectivity index (χ1v) is 11.5. The number of morpholine rings is 1. The third kappa shape index (κ3) is 4.43. The van der Waals surface area contributed by atoms with Gasteiger partial charge in [0, 0.05) is 19.6 Å². The van der Waals surface area contributed by atoms with Gasteiger partial charge in [0.15, 0.2) is 9.84 Å². The molecule has 0 saturated carbocycles. The molecule has 3 aliphatic heterocycles. The third-order valence-corrected chi connectivity index (χ3v) is 7.92. The Morgan fingerprint density at radius 3 is 2.60 bits per heavy atom. The predicted molar refractivity (Wildman–Crippen MR) is 102 cm³/mol. The fourth-order valence-corrected chi connectivity index (χ4v) is 6.07. The van der Waals surface area contributed by atoms with E-state index in [1.54, 1.807) is 6.07 Å². The van der Waals surface area contributed by atoms with E-state index in [1.807, 2.05) is 0 Å². The second-order valence-electron chi connectivity index (χ2n) is 7.87. The Kier molecular flexibility index (Phi) is 5.97. The fraction of sp³-hybridized carbons (Fsp3) is 0.632. The molecule has 0 bridgehead atoms. The van der Waals surface area contributed by atoms with Crippen LogP contribution in [0.5, 0.6) is 5.75 Å². The Morgan fingerprint density at radius 1 is 1.23 bits per heavy atom. The Balaban J connectivity index is 1.37. The van der Waals surface area contributed by atoms with E-state index >= 15 is 0 Å². The number of carbonyl (C=O) groups is 1. The van der Waals surface area contributed by atoms with E-state index in [1.165, 1.54) is 23.1 Å². The fourth-order valence-electron chi connectivity index (χ4n) is 4.13. The molecule has 1 spiro atoms. The van der Waals surface area contributed by atoms with Crippen LogP contribution in [0.2, 0.25) is 0 Å². The maximum Gasteiger partial charge on any atom is 0.387 e. The zero-order valence-electron chi connectivity index (χ0n) is 16.3. The summed E-state index contributed by atoms with van der Waals surface area (Å²) in [5, 5.41) is -0.605. The van der Waals surface area contributed by atoms with E-state index in [4.69, 9.17) is 9.47 Å². The van der Waals surface area contributed by atoms with Crippen molar-refractivity contribution in [3.05, 3.63) is 29.8 Å². The van der Waals surface area contributed by atoms with Crippen molar-refractivity contribution in [2.75, 3.05) is 58.3 Å². The molecule has 11 heteroatoms. The van der Waals surface area contributed by atoms with Gasteiger partial charge in [0.2, 0.25) is 0 Å². The molecular formula is C19H24F2N2O6S. The van der Waals surface area contributed by atoms with Crippen molar-refractivity contribution in [2.24, 2.45) is 0 Å². The molecule has 1 atom stereocenters. The Labute approximate surface area is 173 Å². The molecule has 1 amide bonds. The smallest absolute Gasteiger partial charge is 0.387 e. The van der Waals surface area contributed by atoms with Gasteiger partial charge in [-0.3, -0.25) is 9.69 Å². The number of hydrogen-bond acceptors (Lipinski definition) is 7. The first-order valence-electron chi connectivity index (χ1n) is 9.77. The van der Waals surface area contributed by atoms with E-state index in [0.717, 1.165) is 0 Å². The lowest BCUT2D eigenvalue weighted by Crippen LogP contribution is -2.71. The molecule has 3 fully saturated rings. The lowest BCUT2D eigenvalue weighted by atomic mass is 9.94. The molecule has 3 aliphatic rings. The van der Waals surface area contributed by atoms with Gasteiger partial charge >= 0.3 is 6.61 Å². The maximum absolute atomic E-state index is 12.8. The van der Waals surface area contributed by atoms with Gasteiger partial charge in [-0.2, -0.15) is 8.78 Å². The minimum atomic E-state index is -3.40. The summed E-state index contributed by atoms with van der Waals surface area (Å²) in [4.78, 5) is 16.2. The largest absolute Gasteiger partial charge is 0.434 e. The number of amides is 1. The summed E-state index contributed by atoms with van der Waals surface area (Å²) >= 11 is 0. The van der Waals surface area contributed by atoms with Crippen LogP contribution in [-0.4, -0.2) is 99.9 Å². The molecule has 1 aromatic rings. The highest BCUT2D eigenvalue weighted by atomic mass is 32.2. The van der Waals surface area contributed by atoms with Gasteiger partial charge < -0.3 is 19.1 Å². The maximum atomic E-state index is 12.8. The molecule has 3 saturated heterocycles. The van der Waals surface area contributed by atoms with Crippen LogP contribution >= 0.6 is 0 Å². The molecule has 1 aromatic carbocycles. The summed E-state index contributed by atoms with van der Waals surface area (Å²) in [7, 11) is -3.40. The highest BCUT2D eigenvalue weighted by Gasteiger charge is 2.54. The SMILES string of the molecule is O=C(c1ccccc1OC(F)F)N1CC2(C1)CS(=O)(=O)[C@@H](CN1CCOCC1)CO2. The van der Waals surface area contributed by atoms with Gasteiger partial charge in [-0.15, -0.1) is 0 Å². The number of nitrogens with zero attached hydrogens (tertiary/aromatic N) is 2. The van der Waals surface area contributed by atoms with Gasteiger partial charge in [0.05, 0.1) is 49.5 Å². The number of para-hydroxylation sites is 1. The van der Waals surface area contributed by atoms with Gasteiger partial charge in [0.1, 0.15) is 11.4 Å². The molecule has 166 valence electrons. The van der Waals surface area contributed by atoms with E-state index in [9.17, 15) is 22.0 Å². The number of hydrogen-bond donors (Lipinski definition) is 0. The standard InChI is InChI=1S/C19H24F2N2O6S/c20-18(21)29-16-4-2-1-3-15(16)17(24)23-11-19(12-23)13-30(25,26)14(10-28-19)9-22-5-7-27-8-6-22/h1-4,14,18H,5-13H2/t14-/m0/s1. The molecule has 0 aliphatic carbocycles. The van der Waals surface area contributed by atoms with Crippen molar-refractivity contribution in [3.63, 3.8) is 0 Å². The molecular weight excluding hydrogens is 422 g/mol. The van der Waals surface area contributed by atoms with Gasteiger partial charge in [-0.05, 0) is 12.1 Å². The Morgan fingerprint density at radius 2 is 1.93 bits per heavy atom. The molecule has 0 N–H and O–H groups in total. The average molecular weight is 446 g/mol. The topological polar surface area (TPSA) is 85.4 Å². The Bertz CT molecular complexity index is 885. The number of likely N-dealkylation sites (tertiary alicyclic amines) is 1. The van der Waals surface area contributed by atoms with Crippen LogP contribution in [0.25, 0.3) is 0 Å². The summed E-state index contributed by atoms with van der Waals surface area (Å²) in [6.45, 7) is 0.194. The number of alkyl halides is 2. The average Bonchev–Trinajstić information content (AvgIpc) is 2.68. The van der Waals surface area contributed by atoms with Crippen molar-refractivity contribution < 1.29 is 36.2 Å². The van der Waals surface area contributed by atoms with Gasteiger partial charge in [-0.25, -0.2) is 8.42 Å². The van der Waals surface area contributed by atoms with Gasteiger partial charge in [-0.1, -0.05) is 12.1 Å². The minimum absolute atomic E-state index is 0.0107. The monoisotopic (exact) mass is 446 g/mol. The molecule has 0 aromatic heterocycles. The predicted octanol–water partition coefficient (Wildman–Crippen LogP) is 0.628. The van der Waals surface area contributed by atoms with E-state index in [0.29, 0.717) is 32.8 Å². The van der Waals surface area contributed by atoms with Crippen molar-refractivity contribution in [3.8, 4) is 5.75 Å². The van der Waals surface area contributed by atoms with Crippen LogP contribution in [0, 0.1) is 0 Å². The van der Waals surface area contributed by atoms with Crippen LogP contribution < -0.4 is 4.74 Å². The quantitative estimate of drug-likeness (QED) is 0.656. The zero-order valence-corrected chi connectivity index (χ0v) is 17.2. The normalized spacial score (nSPS) is 25.8. The second-order valence-corrected chi connectivity index (χ2v) is 10.2. The second kappa shape index (κ2) is 8.37. The lowest BCUT2D eigenvalue weighted by Gasteiger charge is -2.52. The number of carbonyl (C=O) groups excluding carboxylic acids is 1. The summed E-state index contributed by atoms with van der Waals surface area (Å²) in [6.07, 6.45) is 0. The van der Waals surface area contributed by atoms with Crippen LogP contribution in [0.3, 0.4) is 0 Å². The van der Waals surface area contributed by atoms with Crippen molar-refractivity contribution in [1.82, 2.24) is 9.80 Å². The van der Waals surface area contributed by atoms with Crippen LogP contribution in [0.15, 0.2) is 24.3 Å². The molecule has 0 radical (unpaired) electrons. The van der Waals surface area contributed by atoms with E-state index in [2.05, 4.69) is 9.64 Å². The van der Waals surface area contributed by atoms with Crippen molar-refractivity contribution in [1.29, 1.82) is 0 Å². The van der Waals surface area contributed by atoms with Crippen molar-refractivity contribution >= 4 is 15.7 Å². The molecule has 30 heavy (non-hydrogen) atoms. The molecule has 4 rings (SSSR count). The Hall–Kier alpha value is -1.82. The van der Waals surface area contributed by atoms with E-state index in [-0.39, 0.29) is 36.8 Å². The van der Waals surface area contributed by atoms with Crippen LogP contribution in [0.1, 0.15) is 10.4 Å². The number of sulfone groups is 1. The first kappa shape index (κ1) is 21.4. The zero-order chi connectivity index (χ0) is 21.4. The number of benzene rings is 1. The summed E-state index contributed by atoms with van der Waals surface area (Å²) in [5.74, 6) is -0.858. The number of halogens is 2. The summed E-state index contributed by atoms with van der Waals surface area (Å²) in [6, 6.07) is 5.76. The third-order valence-electron chi connectivity index (χ3n) is 5.69. The molecule has 0 unspecified atom stereocenters. The lowest BCUT2D eigenvalue weighted by molar-refractivity contribution is -0.122. The van der Waals surface area contributed by atoms with Crippen molar-refractivity contribution in [2.45, 2.75) is 17.5 Å². The highest BCUT2D eigenvalue weighted by Crippen LogP contribution is 2.35. The van der Waals surface area contributed by atoms with E-state index < -0.39 is 33.2 Å².